The Labute approximate surface area is 175 Å². The summed E-state index contributed by atoms with van der Waals surface area (Å²) in [6.45, 7) is 2.31. The molecule has 1 N–H and O–H groups in total. The van der Waals surface area contributed by atoms with Crippen LogP contribution < -0.4 is 24.5 Å². The van der Waals surface area contributed by atoms with Gasteiger partial charge < -0.3 is 19.1 Å². The minimum Gasteiger partial charge on any atom is -0.493 e. The zero-order valence-corrected chi connectivity index (χ0v) is 17.5. The number of hydrogen-bond acceptors (Lipinski definition) is 6. The van der Waals surface area contributed by atoms with Crippen LogP contribution in [0.3, 0.4) is 0 Å². The van der Waals surface area contributed by atoms with Gasteiger partial charge in [-0.3, -0.25) is 9.59 Å². The number of carbonyl (C=O) groups is 2. The normalized spacial score (nSPS) is 16.1. The Balaban J connectivity index is 1.65. The predicted octanol–water partition coefficient (Wildman–Crippen LogP) is 2.52. The van der Waals surface area contributed by atoms with Crippen molar-refractivity contribution in [3.8, 4) is 17.2 Å². The van der Waals surface area contributed by atoms with Gasteiger partial charge in [0.2, 0.25) is 17.6 Å². The molecule has 8 nitrogen and oxygen atoms in total. The highest BCUT2D eigenvalue weighted by molar-refractivity contribution is 6.00. The van der Waals surface area contributed by atoms with E-state index in [1.165, 1.54) is 27.5 Å². The molecule has 8 heteroatoms. The molecule has 0 aliphatic carbocycles. The highest BCUT2D eigenvalue weighted by Gasteiger charge is 2.35. The second-order valence-corrected chi connectivity index (χ2v) is 6.93. The molecule has 0 saturated carbocycles. The molecule has 0 aromatic heterocycles. The summed E-state index contributed by atoms with van der Waals surface area (Å²) in [6, 6.07) is 11.1. The SMILES string of the molecule is COc1cc(C=NNC(=O)[C@H]2CC(=O)N(c3ccc(C)cc3)C2)cc(OC)c1OC. The number of ether oxygens (including phenoxy) is 3. The zero-order chi connectivity index (χ0) is 21.7. The first-order valence-corrected chi connectivity index (χ1v) is 9.46. The molecule has 0 bridgehead atoms. The third-order valence-electron chi connectivity index (χ3n) is 4.92. The summed E-state index contributed by atoms with van der Waals surface area (Å²) in [4.78, 5) is 26.5. The Hall–Kier alpha value is -3.55. The van der Waals surface area contributed by atoms with Crippen molar-refractivity contribution in [2.24, 2.45) is 11.0 Å². The van der Waals surface area contributed by atoms with Crippen LogP contribution in [0.15, 0.2) is 41.5 Å². The summed E-state index contributed by atoms with van der Waals surface area (Å²) in [7, 11) is 4.57. The number of methoxy groups -OCH3 is 3. The van der Waals surface area contributed by atoms with Crippen molar-refractivity contribution in [2.45, 2.75) is 13.3 Å². The van der Waals surface area contributed by atoms with E-state index < -0.39 is 5.92 Å². The number of rotatable bonds is 7. The van der Waals surface area contributed by atoms with E-state index in [-0.39, 0.29) is 18.2 Å². The van der Waals surface area contributed by atoms with Crippen molar-refractivity contribution in [3.63, 3.8) is 0 Å². The van der Waals surface area contributed by atoms with Gasteiger partial charge in [0.15, 0.2) is 11.5 Å². The molecule has 1 saturated heterocycles. The van der Waals surface area contributed by atoms with Crippen LogP contribution in [-0.2, 0) is 9.59 Å². The van der Waals surface area contributed by atoms with Crippen molar-refractivity contribution in [1.29, 1.82) is 0 Å². The van der Waals surface area contributed by atoms with Gasteiger partial charge in [-0.1, -0.05) is 17.7 Å². The van der Waals surface area contributed by atoms with E-state index in [0.29, 0.717) is 29.4 Å². The number of nitrogens with zero attached hydrogens (tertiary/aromatic N) is 2. The Bertz CT molecular complexity index is 931. The maximum atomic E-state index is 12.5. The molecule has 1 fully saturated rings. The van der Waals surface area contributed by atoms with Crippen LogP contribution in [0.4, 0.5) is 5.69 Å². The molecule has 0 spiro atoms. The van der Waals surface area contributed by atoms with Crippen LogP contribution >= 0.6 is 0 Å². The summed E-state index contributed by atoms with van der Waals surface area (Å²) in [5.41, 5.74) is 5.08. The van der Waals surface area contributed by atoms with Crippen LogP contribution in [0.1, 0.15) is 17.5 Å². The molecular formula is C22H25N3O5. The molecule has 1 heterocycles. The second kappa shape index (κ2) is 9.30. The molecule has 30 heavy (non-hydrogen) atoms. The van der Waals surface area contributed by atoms with Gasteiger partial charge in [-0.25, -0.2) is 5.43 Å². The Morgan fingerprint density at radius 1 is 1.10 bits per heavy atom. The van der Waals surface area contributed by atoms with Crippen molar-refractivity contribution >= 4 is 23.7 Å². The summed E-state index contributed by atoms with van der Waals surface area (Å²) in [5.74, 6) is 0.603. The van der Waals surface area contributed by atoms with E-state index in [9.17, 15) is 9.59 Å². The second-order valence-electron chi connectivity index (χ2n) is 6.93. The van der Waals surface area contributed by atoms with E-state index in [1.807, 2.05) is 31.2 Å². The molecule has 3 rings (SSSR count). The lowest BCUT2D eigenvalue weighted by atomic mass is 10.1. The summed E-state index contributed by atoms with van der Waals surface area (Å²) in [6.07, 6.45) is 1.64. The van der Waals surface area contributed by atoms with Gasteiger partial charge in [0, 0.05) is 24.2 Å². The van der Waals surface area contributed by atoms with Crippen molar-refractivity contribution < 1.29 is 23.8 Å². The van der Waals surface area contributed by atoms with Gasteiger partial charge in [-0.2, -0.15) is 5.10 Å². The number of carbonyl (C=O) groups excluding carboxylic acids is 2. The third kappa shape index (κ3) is 4.53. The third-order valence-corrected chi connectivity index (χ3v) is 4.92. The summed E-state index contributed by atoms with van der Waals surface area (Å²) in [5, 5.41) is 4.02. The molecule has 1 aliphatic heterocycles. The summed E-state index contributed by atoms with van der Waals surface area (Å²) < 4.78 is 15.9. The van der Waals surface area contributed by atoms with E-state index in [0.717, 1.165) is 11.3 Å². The number of amides is 2. The average Bonchev–Trinajstić information content (AvgIpc) is 3.15. The van der Waals surface area contributed by atoms with Crippen molar-refractivity contribution in [1.82, 2.24) is 5.43 Å². The van der Waals surface area contributed by atoms with Crippen molar-refractivity contribution in [3.05, 3.63) is 47.5 Å². The molecule has 0 unspecified atom stereocenters. The number of hydrogen-bond donors (Lipinski definition) is 1. The Morgan fingerprint density at radius 3 is 2.30 bits per heavy atom. The number of aryl methyl sites for hydroxylation is 1. The van der Waals surface area contributed by atoms with E-state index >= 15 is 0 Å². The van der Waals surface area contributed by atoms with Gasteiger partial charge in [-0.15, -0.1) is 0 Å². The van der Waals surface area contributed by atoms with Crippen molar-refractivity contribution in [2.75, 3.05) is 32.8 Å². The van der Waals surface area contributed by atoms with Gasteiger partial charge >= 0.3 is 0 Å². The lowest BCUT2D eigenvalue weighted by Crippen LogP contribution is -2.30. The first-order chi connectivity index (χ1) is 14.5. The molecule has 1 aliphatic rings. The smallest absolute Gasteiger partial charge is 0.245 e. The van der Waals surface area contributed by atoms with E-state index in [2.05, 4.69) is 10.5 Å². The van der Waals surface area contributed by atoms with E-state index in [1.54, 1.807) is 17.0 Å². The lowest BCUT2D eigenvalue weighted by molar-refractivity contribution is -0.126. The minimum atomic E-state index is -0.462. The van der Waals surface area contributed by atoms with Crippen LogP contribution in [0.25, 0.3) is 0 Å². The Kier molecular flexibility index (Phi) is 6.56. The molecule has 2 amide bonds. The number of nitrogens with one attached hydrogen (secondary N) is 1. The number of anilines is 1. The number of hydrazone groups is 1. The quantitative estimate of drug-likeness (QED) is 0.559. The zero-order valence-electron chi connectivity index (χ0n) is 17.5. The first-order valence-electron chi connectivity index (χ1n) is 9.46. The molecule has 2 aromatic carbocycles. The van der Waals surface area contributed by atoms with Crippen LogP contribution in [-0.4, -0.2) is 45.9 Å². The van der Waals surface area contributed by atoms with Crippen LogP contribution in [0.5, 0.6) is 17.2 Å². The monoisotopic (exact) mass is 411 g/mol. The maximum Gasteiger partial charge on any atom is 0.245 e. The van der Waals surface area contributed by atoms with Crippen LogP contribution in [0, 0.1) is 12.8 Å². The largest absolute Gasteiger partial charge is 0.493 e. The van der Waals surface area contributed by atoms with E-state index in [4.69, 9.17) is 14.2 Å². The molecular weight excluding hydrogens is 386 g/mol. The number of benzene rings is 2. The average molecular weight is 411 g/mol. The van der Waals surface area contributed by atoms with Gasteiger partial charge in [0.05, 0.1) is 33.5 Å². The highest BCUT2D eigenvalue weighted by atomic mass is 16.5. The fourth-order valence-corrected chi connectivity index (χ4v) is 3.30. The highest BCUT2D eigenvalue weighted by Crippen LogP contribution is 2.37. The minimum absolute atomic E-state index is 0.0763. The molecule has 0 radical (unpaired) electrons. The predicted molar refractivity (Wildman–Crippen MR) is 113 cm³/mol. The van der Waals surface area contributed by atoms with Gasteiger partial charge in [0.1, 0.15) is 0 Å². The Morgan fingerprint density at radius 2 is 1.73 bits per heavy atom. The lowest BCUT2D eigenvalue weighted by Gasteiger charge is -2.16. The maximum absolute atomic E-state index is 12.5. The first kappa shape index (κ1) is 21.2. The molecule has 2 aromatic rings. The van der Waals surface area contributed by atoms with Gasteiger partial charge in [-0.05, 0) is 31.2 Å². The standard InChI is InChI=1S/C22H25N3O5/c1-14-5-7-17(8-6-14)25-13-16(11-20(25)26)22(27)24-23-12-15-9-18(28-2)21(30-4)19(10-15)29-3/h5-10,12,16H,11,13H2,1-4H3,(H,24,27)/t16-/m0/s1. The van der Waals surface area contributed by atoms with Gasteiger partial charge in [0.25, 0.3) is 0 Å². The fraction of sp³-hybridized carbons (Fsp3) is 0.318. The fourth-order valence-electron chi connectivity index (χ4n) is 3.30. The molecule has 1 atom stereocenters. The summed E-state index contributed by atoms with van der Waals surface area (Å²) >= 11 is 0. The topological polar surface area (TPSA) is 89.5 Å². The molecule has 158 valence electrons. The van der Waals surface area contributed by atoms with Crippen LogP contribution in [0.2, 0.25) is 0 Å².